The van der Waals surface area contributed by atoms with Gasteiger partial charge in [0.1, 0.15) is 6.29 Å². The molecule has 13 heavy (non-hydrogen) atoms. The molecule has 0 atom stereocenters. The van der Waals surface area contributed by atoms with E-state index in [1.165, 1.54) is 11.8 Å². The SMILES string of the molecule is CSc1cc(C=O)cc2c1OCO2. The Morgan fingerprint density at radius 1 is 1.46 bits per heavy atom. The van der Waals surface area contributed by atoms with Crippen molar-refractivity contribution in [2.45, 2.75) is 4.90 Å². The zero-order valence-electron chi connectivity index (χ0n) is 7.07. The fourth-order valence-electron chi connectivity index (χ4n) is 1.22. The summed E-state index contributed by atoms with van der Waals surface area (Å²) in [5, 5.41) is 0. The van der Waals surface area contributed by atoms with Gasteiger partial charge in [-0.3, -0.25) is 4.79 Å². The molecular weight excluding hydrogens is 188 g/mol. The molecule has 0 fully saturated rings. The Morgan fingerprint density at radius 3 is 3.00 bits per heavy atom. The minimum atomic E-state index is 0.241. The maximum absolute atomic E-state index is 10.6. The Bertz CT molecular complexity index is 349. The van der Waals surface area contributed by atoms with Crippen molar-refractivity contribution in [2.24, 2.45) is 0 Å². The molecule has 0 N–H and O–H groups in total. The summed E-state index contributed by atoms with van der Waals surface area (Å²) in [6.45, 7) is 0.241. The van der Waals surface area contributed by atoms with E-state index in [2.05, 4.69) is 0 Å². The fourth-order valence-corrected chi connectivity index (χ4v) is 1.82. The van der Waals surface area contributed by atoms with Crippen LogP contribution in [0.15, 0.2) is 17.0 Å². The normalized spacial score (nSPS) is 13.0. The van der Waals surface area contributed by atoms with Gasteiger partial charge in [-0.2, -0.15) is 0 Å². The van der Waals surface area contributed by atoms with Crippen molar-refractivity contribution in [2.75, 3.05) is 13.0 Å². The van der Waals surface area contributed by atoms with Crippen molar-refractivity contribution in [3.05, 3.63) is 17.7 Å². The van der Waals surface area contributed by atoms with E-state index in [1.807, 2.05) is 6.26 Å². The number of carbonyl (C=O) groups is 1. The molecule has 1 aromatic carbocycles. The lowest BCUT2D eigenvalue weighted by atomic mass is 10.2. The number of hydrogen-bond donors (Lipinski definition) is 0. The molecule has 0 aromatic heterocycles. The molecule has 2 rings (SSSR count). The summed E-state index contributed by atoms with van der Waals surface area (Å²) >= 11 is 1.54. The van der Waals surface area contributed by atoms with Crippen LogP contribution in [0.25, 0.3) is 0 Å². The lowest BCUT2D eigenvalue weighted by Crippen LogP contribution is -1.93. The van der Waals surface area contributed by atoms with Crippen molar-refractivity contribution >= 4 is 18.0 Å². The molecule has 0 aliphatic carbocycles. The van der Waals surface area contributed by atoms with Crippen LogP contribution in [0.4, 0.5) is 0 Å². The van der Waals surface area contributed by atoms with Gasteiger partial charge in [-0.1, -0.05) is 0 Å². The second-order valence-electron chi connectivity index (χ2n) is 2.57. The minimum Gasteiger partial charge on any atom is -0.454 e. The van der Waals surface area contributed by atoms with Gasteiger partial charge < -0.3 is 9.47 Å². The third-order valence-corrected chi connectivity index (χ3v) is 2.56. The van der Waals surface area contributed by atoms with Crippen molar-refractivity contribution in [3.63, 3.8) is 0 Å². The average molecular weight is 196 g/mol. The number of benzene rings is 1. The number of rotatable bonds is 2. The maximum Gasteiger partial charge on any atom is 0.231 e. The standard InChI is InChI=1S/C9H8O3S/c1-13-8-3-6(4-10)2-7-9(8)12-5-11-7/h2-4H,5H2,1H3. The molecule has 1 heterocycles. The second kappa shape index (κ2) is 3.30. The summed E-state index contributed by atoms with van der Waals surface area (Å²) in [7, 11) is 0. The zero-order valence-corrected chi connectivity index (χ0v) is 7.89. The number of ether oxygens (including phenoxy) is 2. The Balaban J connectivity index is 2.55. The Hall–Kier alpha value is -1.16. The molecule has 0 radical (unpaired) electrons. The summed E-state index contributed by atoms with van der Waals surface area (Å²) < 4.78 is 10.4. The molecule has 68 valence electrons. The van der Waals surface area contributed by atoms with Gasteiger partial charge in [0.25, 0.3) is 0 Å². The van der Waals surface area contributed by atoms with Crippen LogP contribution < -0.4 is 9.47 Å². The van der Waals surface area contributed by atoms with Gasteiger partial charge in [-0.15, -0.1) is 11.8 Å². The second-order valence-corrected chi connectivity index (χ2v) is 3.42. The number of hydrogen-bond acceptors (Lipinski definition) is 4. The largest absolute Gasteiger partial charge is 0.454 e. The van der Waals surface area contributed by atoms with Crippen molar-refractivity contribution in [1.29, 1.82) is 0 Å². The van der Waals surface area contributed by atoms with Gasteiger partial charge in [0.15, 0.2) is 11.5 Å². The lowest BCUT2D eigenvalue weighted by molar-refractivity contribution is 0.112. The number of aldehydes is 1. The summed E-state index contributed by atoms with van der Waals surface area (Å²) in [4.78, 5) is 11.5. The highest BCUT2D eigenvalue weighted by Crippen LogP contribution is 2.40. The van der Waals surface area contributed by atoms with Crippen LogP contribution in [0, 0.1) is 0 Å². The van der Waals surface area contributed by atoms with Gasteiger partial charge in [0.05, 0.1) is 4.90 Å². The molecule has 4 heteroatoms. The summed E-state index contributed by atoms with van der Waals surface area (Å²) in [6.07, 6.45) is 2.74. The van der Waals surface area contributed by atoms with Crippen molar-refractivity contribution < 1.29 is 14.3 Å². The van der Waals surface area contributed by atoms with Gasteiger partial charge in [0.2, 0.25) is 6.79 Å². The monoisotopic (exact) mass is 196 g/mol. The first-order valence-electron chi connectivity index (χ1n) is 3.78. The Kier molecular flexibility index (Phi) is 2.14. The van der Waals surface area contributed by atoms with Gasteiger partial charge in [-0.05, 0) is 18.4 Å². The van der Waals surface area contributed by atoms with Crippen LogP contribution in [0.5, 0.6) is 11.5 Å². The summed E-state index contributed by atoms with van der Waals surface area (Å²) in [6, 6.07) is 3.49. The average Bonchev–Trinajstić information content (AvgIpc) is 2.63. The van der Waals surface area contributed by atoms with Crippen LogP contribution in [-0.2, 0) is 0 Å². The highest BCUT2D eigenvalue weighted by Gasteiger charge is 2.18. The molecule has 0 bridgehead atoms. The molecule has 1 aliphatic heterocycles. The van der Waals surface area contributed by atoms with E-state index in [9.17, 15) is 4.79 Å². The fraction of sp³-hybridized carbons (Fsp3) is 0.222. The predicted octanol–water partition coefficient (Wildman–Crippen LogP) is 1.95. The van der Waals surface area contributed by atoms with Crippen LogP contribution in [0.2, 0.25) is 0 Å². The molecule has 0 saturated carbocycles. The molecule has 0 saturated heterocycles. The Morgan fingerprint density at radius 2 is 2.31 bits per heavy atom. The van der Waals surface area contributed by atoms with E-state index in [4.69, 9.17) is 9.47 Å². The summed E-state index contributed by atoms with van der Waals surface area (Å²) in [5.41, 5.74) is 0.619. The van der Waals surface area contributed by atoms with E-state index in [0.29, 0.717) is 11.3 Å². The first-order chi connectivity index (χ1) is 6.35. The lowest BCUT2D eigenvalue weighted by Gasteiger charge is -2.02. The minimum absolute atomic E-state index is 0.241. The Labute approximate surface area is 80.0 Å². The zero-order chi connectivity index (χ0) is 9.26. The third-order valence-electron chi connectivity index (χ3n) is 1.82. The molecule has 3 nitrogen and oxygen atoms in total. The van der Waals surface area contributed by atoms with E-state index in [-0.39, 0.29) is 6.79 Å². The third kappa shape index (κ3) is 1.37. The van der Waals surface area contributed by atoms with Crippen LogP contribution in [-0.4, -0.2) is 19.3 Å². The molecule has 0 spiro atoms. The number of fused-ring (bicyclic) bond motifs is 1. The van der Waals surface area contributed by atoms with E-state index >= 15 is 0 Å². The van der Waals surface area contributed by atoms with Gasteiger partial charge in [0, 0.05) is 5.56 Å². The molecular formula is C9H8O3S. The van der Waals surface area contributed by atoms with E-state index < -0.39 is 0 Å². The highest BCUT2D eigenvalue weighted by molar-refractivity contribution is 7.98. The molecule has 0 unspecified atom stereocenters. The number of thioether (sulfide) groups is 1. The van der Waals surface area contributed by atoms with Gasteiger partial charge >= 0.3 is 0 Å². The van der Waals surface area contributed by atoms with E-state index in [0.717, 1.165) is 16.9 Å². The van der Waals surface area contributed by atoms with Crippen LogP contribution in [0.3, 0.4) is 0 Å². The van der Waals surface area contributed by atoms with Crippen molar-refractivity contribution in [1.82, 2.24) is 0 Å². The molecule has 0 amide bonds. The molecule has 1 aliphatic rings. The highest BCUT2D eigenvalue weighted by atomic mass is 32.2. The van der Waals surface area contributed by atoms with Gasteiger partial charge in [-0.25, -0.2) is 0 Å². The van der Waals surface area contributed by atoms with Crippen LogP contribution >= 0.6 is 11.8 Å². The topological polar surface area (TPSA) is 35.5 Å². The number of carbonyl (C=O) groups excluding carboxylic acids is 1. The van der Waals surface area contributed by atoms with E-state index in [1.54, 1.807) is 12.1 Å². The summed E-state index contributed by atoms with van der Waals surface area (Å²) in [5.74, 6) is 1.41. The maximum atomic E-state index is 10.6. The first-order valence-corrected chi connectivity index (χ1v) is 5.00. The first kappa shape index (κ1) is 8.44. The van der Waals surface area contributed by atoms with Crippen LogP contribution in [0.1, 0.15) is 10.4 Å². The quantitative estimate of drug-likeness (QED) is 0.535. The smallest absolute Gasteiger partial charge is 0.231 e. The van der Waals surface area contributed by atoms with Crippen molar-refractivity contribution in [3.8, 4) is 11.5 Å². The predicted molar refractivity (Wildman–Crippen MR) is 49.7 cm³/mol. The molecule has 1 aromatic rings.